The Morgan fingerprint density at radius 2 is 2.00 bits per heavy atom. The van der Waals surface area contributed by atoms with Gasteiger partial charge in [-0.05, 0) is 36.1 Å². The zero-order chi connectivity index (χ0) is 15.2. The molecule has 0 aliphatic rings. The Labute approximate surface area is 127 Å². The van der Waals surface area contributed by atoms with Gasteiger partial charge < -0.3 is 16.4 Å². The third-order valence-corrected chi connectivity index (χ3v) is 4.09. The zero-order valence-electron chi connectivity index (χ0n) is 11.9. The van der Waals surface area contributed by atoms with Crippen LogP contribution < -0.4 is 16.4 Å². The van der Waals surface area contributed by atoms with Crippen LogP contribution in [-0.2, 0) is 4.79 Å². The summed E-state index contributed by atoms with van der Waals surface area (Å²) in [5.41, 5.74) is 6.40. The van der Waals surface area contributed by atoms with E-state index in [0.717, 1.165) is 16.5 Å². The minimum Gasteiger partial charge on any atom is -0.399 e. The molecule has 0 saturated carbocycles. The molecule has 112 valence electrons. The fraction of sp³-hybridized carbons (Fsp3) is 0.333. The average Bonchev–Trinajstić information content (AvgIpc) is 2.88. The summed E-state index contributed by atoms with van der Waals surface area (Å²) in [6.45, 7) is 3.01. The number of fused-ring (bicyclic) bond motifs is 1. The zero-order valence-corrected chi connectivity index (χ0v) is 12.8. The summed E-state index contributed by atoms with van der Waals surface area (Å²) in [4.78, 5) is 24.1. The number of amides is 2. The fourth-order valence-corrected chi connectivity index (χ4v) is 2.86. The van der Waals surface area contributed by atoms with Gasteiger partial charge in [-0.25, -0.2) is 0 Å². The molecular weight excluding hydrogens is 286 g/mol. The van der Waals surface area contributed by atoms with Crippen LogP contribution >= 0.6 is 11.3 Å². The first-order chi connectivity index (χ1) is 10.1. The van der Waals surface area contributed by atoms with Gasteiger partial charge >= 0.3 is 0 Å². The monoisotopic (exact) mass is 305 g/mol. The second-order valence-electron chi connectivity index (χ2n) is 4.76. The predicted molar refractivity (Wildman–Crippen MR) is 86.5 cm³/mol. The van der Waals surface area contributed by atoms with Crippen molar-refractivity contribution < 1.29 is 9.59 Å². The average molecular weight is 305 g/mol. The number of nitrogen functional groups attached to an aromatic ring is 1. The van der Waals surface area contributed by atoms with Gasteiger partial charge in [0.2, 0.25) is 5.91 Å². The molecule has 0 bridgehead atoms. The van der Waals surface area contributed by atoms with Crippen molar-refractivity contribution in [1.82, 2.24) is 10.6 Å². The Morgan fingerprint density at radius 3 is 2.76 bits per heavy atom. The second-order valence-corrected chi connectivity index (χ2v) is 5.85. The highest BCUT2D eigenvalue weighted by molar-refractivity contribution is 7.20. The summed E-state index contributed by atoms with van der Waals surface area (Å²) >= 11 is 1.42. The summed E-state index contributed by atoms with van der Waals surface area (Å²) in [6, 6.07) is 7.40. The lowest BCUT2D eigenvalue weighted by molar-refractivity contribution is -0.120. The summed E-state index contributed by atoms with van der Waals surface area (Å²) in [6.07, 6.45) is 1.20. The molecule has 6 heteroatoms. The van der Waals surface area contributed by atoms with Gasteiger partial charge in [0.15, 0.2) is 0 Å². The number of anilines is 1. The molecular formula is C15H19N3O2S. The van der Waals surface area contributed by atoms with Crippen LogP contribution in [0.5, 0.6) is 0 Å². The molecule has 1 aromatic carbocycles. The van der Waals surface area contributed by atoms with Gasteiger partial charge in [-0.15, -0.1) is 11.3 Å². The minimum atomic E-state index is -0.155. The Balaban J connectivity index is 1.89. The van der Waals surface area contributed by atoms with E-state index in [9.17, 15) is 9.59 Å². The van der Waals surface area contributed by atoms with Gasteiger partial charge in [-0.2, -0.15) is 0 Å². The number of nitrogens with one attached hydrogen (secondary N) is 2. The maximum atomic E-state index is 12.0. The van der Waals surface area contributed by atoms with E-state index in [4.69, 9.17) is 5.73 Å². The van der Waals surface area contributed by atoms with Crippen molar-refractivity contribution in [3.05, 3.63) is 29.1 Å². The SMILES string of the molecule is CCCNC(=O)CCNC(=O)c1cc2cc(N)ccc2s1. The molecule has 2 amide bonds. The van der Waals surface area contributed by atoms with E-state index in [2.05, 4.69) is 10.6 Å². The predicted octanol–water partition coefficient (Wildman–Crippen LogP) is 2.13. The van der Waals surface area contributed by atoms with Crippen LogP contribution in [0, 0.1) is 0 Å². The Bertz CT molecular complexity index is 651. The summed E-state index contributed by atoms with van der Waals surface area (Å²) in [7, 11) is 0. The number of thiophene rings is 1. The maximum Gasteiger partial charge on any atom is 0.261 e. The minimum absolute atomic E-state index is 0.0405. The van der Waals surface area contributed by atoms with Gasteiger partial charge in [0, 0.05) is 29.9 Å². The Kier molecular flexibility index (Phi) is 5.16. The van der Waals surface area contributed by atoms with Crippen LogP contribution in [0.1, 0.15) is 29.4 Å². The summed E-state index contributed by atoms with van der Waals surface area (Å²) < 4.78 is 1.02. The number of rotatable bonds is 6. The lowest BCUT2D eigenvalue weighted by atomic mass is 10.2. The molecule has 0 spiro atoms. The number of hydrogen-bond acceptors (Lipinski definition) is 4. The quantitative estimate of drug-likeness (QED) is 0.715. The smallest absolute Gasteiger partial charge is 0.261 e. The number of carbonyl (C=O) groups excluding carboxylic acids is 2. The molecule has 0 radical (unpaired) electrons. The number of hydrogen-bond donors (Lipinski definition) is 3. The van der Waals surface area contributed by atoms with E-state index < -0.39 is 0 Å². The van der Waals surface area contributed by atoms with Crippen molar-refractivity contribution in [3.8, 4) is 0 Å². The topological polar surface area (TPSA) is 84.2 Å². The van der Waals surface area contributed by atoms with Gasteiger partial charge in [-0.3, -0.25) is 9.59 Å². The lowest BCUT2D eigenvalue weighted by Crippen LogP contribution is -2.30. The number of benzene rings is 1. The van der Waals surface area contributed by atoms with E-state index in [1.165, 1.54) is 11.3 Å². The van der Waals surface area contributed by atoms with Crippen LogP contribution in [0.3, 0.4) is 0 Å². The first-order valence-corrected chi connectivity index (χ1v) is 7.75. The van der Waals surface area contributed by atoms with Crippen molar-refractivity contribution in [2.24, 2.45) is 0 Å². The first-order valence-electron chi connectivity index (χ1n) is 6.94. The molecule has 4 N–H and O–H groups in total. The Hall–Kier alpha value is -2.08. The first kappa shape index (κ1) is 15.3. The highest BCUT2D eigenvalue weighted by Gasteiger charge is 2.10. The normalized spacial score (nSPS) is 10.5. The van der Waals surface area contributed by atoms with Crippen LogP contribution in [0.4, 0.5) is 5.69 Å². The highest BCUT2D eigenvalue weighted by Crippen LogP contribution is 2.27. The van der Waals surface area contributed by atoms with Crippen molar-refractivity contribution in [2.75, 3.05) is 18.8 Å². The van der Waals surface area contributed by atoms with Crippen molar-refractivity contribution in [3.63, 3.8) is 0 Å². The molecule has 1 aromatic heterocycles. The third kappa shape index (κ3) is 4.19. The molecule has 0 saturated heterocycles. The fourth-order valence-electron chi connectivity index (χ4n) is 1.90. The van der Waals surface area contributed by atoms with E-state index in [1.54, 1.807) is 0 Å². The number of nitrogens with two attached hydrogens (primary N) is 1. The van der Waals surface area contributed by atoms with Crippen LogP contribution in [0.25, 0.3) is 10.1 Å². The van der Waals surface area contributed by atoms with Crippen LogP contribution in [0.2, 0.25) is 0 Å². The van der Waals surface area contributed by atoms with Gasteiger partial charge in [-0.1, -0.05) is 6.92 Å². The molecule has 0 aliphatic heterocycles. The molecule has 5 nitrogen and oxygen atoms in total. The summed E-state index contributed by atoms with van der Waals surface area (Å²) in [5, 5.41) is 6.50. The van der Waals surface area contributed by atoms with Gasteiger partial charge in [0.05, 0.1) is 4.88 Å². The highest BCUT2D eigenvalue weighted by atomic mass is 32.1. The lowest BCUT2D eigenvalue weighted by Gasteiger charge is -2.04. The van der Waals surface area contributed by atoms with Crippen molar-refractivity contribution >= 4 is 38.9 Å². The molecule has 2 rings (SSSR count). The molecule has 0 aliphatic carbocycles. The van der Waals surface area contributed by atoms with Crippen LogP contribution in [-0.4, -0.2) is 24.9 Å². The standard InChI is InChI=1S/C15H19N3O2S/c1-2-6-17-14(19)5-7-18-15(20)13-9-10-8-11(16)3-4-12(10)21-13/h3-4,8-9H,2,5-7,16H2,1H3,(H,17,19)(H,18,20). The van der Waals surface area contributed by atoms with Crippen molar-refractivity contribution in [1.29, 1.82) is 0 Å². The van der Waals surface area contributed by atoms with E-state index in [1.807, 2.05) is 31.2 Å². The van der Waals surface area contributed by atoms with Crippen LogP contribution in [0.15, 0.2) is 24.3 Å². The second kappa shape index (κ2) is 7.08. The molecule has 0 fully saturated rings. The molecule has 21 heavy (non-hydrogen) atoms. The molecule has 0 atom stereocenters. The van der Waals surface area contributed by atoms with E-state index in [-0.39, 0.29) is 11.8 Å². The Morgan fingerprint density at radius 1 is 1.19 bits per heavy atom. The number of carbonyl (C=O) groups is 2. The molecule has 0 unspecified atom stereocenters. The van der Waals surface area contributed by atoms with Gasteiger partial charge in [0.1, 0.15) is 0 Å². The summed E-state index contributed by atoms with van der Waals surface area (Å²) in [5.74, 6) is -0.195. The third-order valence-electron chi connectivity index (χ3n) is 2.97. The van der Waals surface area contributed by atoms with Crippen molar-refractivity contribution in [2.45, 2.75) is 19.8 Å². The molecule has 2 aromatic rings. The molecule has 1 heterocycles. The van der Waals surface area contributed by atoms with E-state index >= 15 is 0 Å². The maximum absolute atomic E-state index is 12.0. The largest absolute Gasteiger partial charge is 0.399 e. The van der Waals surface area contributed by atoms with E-state index in [0.29, 0.717) is 30.1 Å². The van der Waals surface area contributed by atoms with Gasteiger partial charge in [0.25, 0.3) is 5.91 Å².